The molecule has 0 unspecified atom stereocenters. The molecule has 7 nitrogen and oxygen atoms in total. The highest BCUT2D eigenvalue weighted by Crippen LogP contribution is 2.27. The fourth-order valence-electron chi connectivity index (χ4n) is 5.01. The summed E-state index contributed by atoms with van der Waals surface area (Å²) >= 11 is 0. The van der Waals surface area contributed by atoms with Crippen LogP contribution in [-0.4, -0.2) is 47.9 Å². The van der Waals surface area contributed by atoms with Crippen LogP contribution in [0.3, 0.4) is 0 Å². The third-order valence-corrected chi connectivity index (χ3v) is 6.69. The topological polar surface area (TPSA) is 68.8 Å². The number of fused-ring (bicyclic) bond motifs is 1. The maximum Gasteiger partial charge on any atom is 0.224 e. The molecule has 1 amide bonds. The van der Waals surface area contributed by atoms with Crippen LogP contribution in [0.2, 0.25) is 0 Å². The van der Waals surface area contributed by atoms with Gasteiger partial charge in [-0.15, -0.1) is 5.10 Å². The summed E-state index contributed by atoms with van der Waals surface area (Å²) in [6, 6.07) is 16.7. The number of carbonyl (C=O) groups excluding carboxylic acids is 1. The number of rotatable bonds is 7. The van der Waals surface area contributed by atoms with Gasteiger partial charge >= 0.3 is 0 Å². The Morgan fingerprint density at radius 3 is 2.58 bits per heavy atom. The van der Waals surface area contributed by atoms with E-state index in [1.165, 1.54) is 19.3 Å². The second kappa shape index (κ2) is 9.57. The van der Waals surface area contributed by atoms with Crippen LogP contribution in [0.1, 0.15) is 45.4 Å². The lowest BCUT2D eigenvalue weighted by Crippen LogP contribution is -2.41. The first kappa shape index (κ1) is 21.4. The van der Waals surface area contributed by atoms with Crippen molar-refractivity contribution < 1.29 is 4.79 Å². The smallest absolute Gasteiger partial charge is 0.224 e. The van der Waals surface area contributed by atoms with Gasteiger partial charge in [-0.05, 0) is 56.2 Å². The van der Waals surface area contributed by atoms with E-state index in [1.807, 2.05) is 36.5 Å². The first-order valence-corrected chi connectivity index (χ1v) is 12.0. The second-order valence-corrected chi connectivity index (χ2v) is 8.69. The quantitative estimate of drug-likeness (QED) is 0.410. The molecule has 0 aliphatic heterocycles. The van der Waals surface area contributed by atoms with E-state index < -0.39 is 0 Å². The van der Waals surface area contributed by atoms with Crippen LogP contribution in [0.15, 0.2) is 60.9 Å². The van der Waals surface area contributed by atoms with Crippen LogP contribution in [0.5, 0.6) is 0 Å². The molecule has 5 rings (SSSR count). The molecule has 0 spiro atoms. The van der Waals surface area contributed by atoms with Gasteiger partial charge in [0.15, 0.2) is 0 Å². The summed E-state index contributed by atoms with van der Waals surface area (Å²) in [5, 5.41) is 7.94. The number of nitrogens with zero attached hydrogens (tertiary/aromatic N) is 6. The zero-order chi connectivity index (χ0) is 22.6. The van der Waals surface area contributed by atoms with Crippen molar-refractivity contribution in [1.82, 2.24) is 29.4 Å². The molecule has 2 aromatic heterocycles. The van der Waals surface area contributed by atoms with E-state index in [1.54, 1.807) is 10.9 Å². The lowest BCUT2D eigenvalue weighted by molar-refractivity contribution is -0.134. The maximum absolute atomic E-state index is 13.2. The van der Waals surface area contributed by atoms with E-state index in [2.05, 4.69) is 44.9 Å². The minimum absolute atomic E-state index is 0.245. The number of para-hydroxylation sites is 2. The molecule has 33 heavy (non-hydrogen) atoms. The Morgan fingerprint density at radius 2 is 1.85 bits per heavy atom. The Hall–Kier alpha value is -3.48. The normalized spacial score (nSPS) is 14.6. The molecule has 7 heteroatoms. The third-order valence-electron chi connectivity index (χ3n) is 6.69. The van der Waals surface area contributed by atoms with Crippen LogP contribution < -0.4 is 0 Å². The van der Waals surface area contributed by atoms with Crippen LogP contribution in [-0.2, 0) is 11.3 Å². The van der Waals surface area contributed by atoms with Gasteiger partial charge in [0.1, 0.15) is 5.82 Å². The number of imidazole rings is 1. The van der Waals surface area contributed by atoms with E-state index in [0.29, 0.717) is 19.0 Å². The summed E-state index contributed by atoms with van der Waals surface area (Å²) in [6.45, 7) is 3.49. The molecule has 0 saturated heterocycles. The van der Waals surface area contributed by atoms with E-state index in [0.717, 1.165) is 47.5 Å². The van der Waals surface area contributed by atoms with Gasteiger partial charge in [0.2, 0.25) is 5.91 Å². The minimum Gasteiger partial charge on any atom is -0.340 e. The van der Waals surface area contributed by atoms with Crippen molar-refractivity contribution in [2.24, 2.45) is 0 Å². The Bertz CT molecular complexity index is 1210. The molecule has 0 radical (unpaired) electrons. The van der Waals surface area contributed by atoms with E-state index in [-0.39, 0.29) is 5.91 Å². The molecular weight excluding hydrogens is 412 g/mol. The Morgan fingerprint density at radius 1 is 1.06 bits per heavy atom. The first-order chi connectivity index (χ1) is 16.2. The van der Waals surface area contributed by atoms with Gasteiger partial charge in [0, 0.05) is 31.1 Å². The number of hydrogen-bond donors (Lipinski definition) is 0. The molecule has 0 atom stereocenters. The second-order valence-electron chi connectivity index (χ2n) is 8.69. The maximum atomic E-state index is 13.2. The molecule has 2 heterocycles. The average molecular weight is 443 g/mol. The predicted octanol–water partition coefficient (Wildman–Crippen LogP) is 4.86. The van der Waals surface area contributed by atoms with Gasteiger partial charge in [-0.1, -0.05) is 36.6 Å². The molecule has 1 aliphatic carbocycles. The van der Waals surface area contributed by atoms with Crippen molar-refractivity contribution in [2.45, 2.75) is 58.0 Å². The lowest BCUT2D eigenvalue weighted by atomic mass is 9.94. The Labute approximate surface area is 194 Å². The number of amides is 1. The van der Waals surface area contributed by atoms with Crippen LogP contribution in [0.25, 0.3) is 28.1 Å². The standard InChI is InChI=1S/C26H30N6O/c1-2-30(21-8-4-3-5-9-21)25(33)16-18-31-24-11-7-6-10-23(24)28-26(31)20-12-14-22(15-13-20)32-19-17-27-29-32/h6-7,10-15,17,19,21H,2-5,8-9,16,18H2,1H3. The van der Waals surface area contributed by atoms with Crippen molar-refractivity contribution in [3.63, 3.8) is 0 Å². The van der Waals surface area contributed by atoms with Crippen molar-refractivity contribution in [2.75, 3.05) is 6.54 Å². The highest BCUT2D eigenvalue weighted by molar-refractivity contribution is 5.81. The molecular formula is C26H30N6O. The van der Waals surface area contributed by atoms with Gasteiger partial charge in [0.25, 0.3) is 0 Å². The molecule has 0 bridgehead atoms. The van der Waals surface area contributed by atoms with E-state index in [9.17, 15) is 4.79 Å². The van der Waals surface area contributed by atoms with E-state index in [4.69, 9.17) is 4.98 Å². The number of carbonyl (C=O) groups is 1. The zero-order valence-electron chi connectivity index (χ0n) is 19.1. The number of aromatic nitrogens is 5. The van der Waals surface area contributed by atoms with Gasteiger partial charge in [0.05, 0.1) is 29.1 Å². The number of hydrogen-bond acceptors (Lipinski definition) is 4. The summed E-state index contributed by atoms with van der Waals surface area (Å²) in [4.78, 5) is 20.2. The third kappa shape index (κ3) is 4.40. The zero-order valence-corrected chi connectivity index (χ0v) is 19.1. The molecule has 1 saturated carbocycles. The van der Waals surface area contributed by atoms with Crippen molar-refractivity contribution in [3.05, 3.63) is 60.9 Å². The first-order valence-electron chi connectivity index (χ1n) is 12.0. The molecule has 1 fully saturated rings. The van der Waals surface area contributed by atoms with Crippen LogP contribution in [0.4, 0.5) is 0 Å². The molecule has 4 aromatic rings. The van der Waals surface area contributed by atoms with Gasteiger partial charge in [-0.3, -0.25) is 4.79 Å². The predicted molar refractivity (Wildman–Crippen MR) is 129 cm³/mol. The summed E-state index contributed by atoms with van der Waals surface area (Å²) < 4.78 is 3.92. The molecule has 1 aliphatic rings. The van der Waals surface area contributed by atoms with Gasteiger partial charge in [-0.2, -0.15) is 0 Å². The summed E-state index contributed by atoms with van der Waals surface area (Å²) in [7, 11) is 0. The SMILES string of the molecule is CCN(C(=O)CCn1c(-c2ccc(-n3ccnn3)cc2)nc2ccccc21)C1CCCCC1. The Kier molecular flexibility index (Phi) is 6.19. The number of benzene rings is 2. The number of aryl methyl sites for hydroxylation is 1. The van der Waals surface area contributed by atoms with Crippen LogP contribution >= 0.6 is 0 Å². The Balaban J connectivity index is 1.40. The molecule has 2 aromatic carbocycles. The average Bonchev–Trinajstić information content (AvgIpc) is 3.52. The molecule has 170 valence electrons. The highest BCUT2D eigenvalue weighted by atomic mass is 16.2. The van der Waals surface area contributed by atoms with Crippen molar-refractivity contribution in [1.29, 1.82) is 0 Å². The minimum atomic E-state index is 0.245. The molecule has 0 N–H and O–H groups in total. The highest BCUT2D eigenvalue weighted by Gasteiger charge is 2.24. The van der Waals surface area contributed by atoms with Gasteiger partial charge < -0.3 is 9.47 Å². The monoisotopic (exact) mass is 442 g/mol. The summed E-state index contributed by atoms with van der Waals surface area (Å²) in [5.41, 5.74) is 3.96. The lowest BCUT2D eigenvalue weighted by Gasteiger charge is -2.33. The van der Waals surface area contributed by atoms with Crippen molar-refractivity contribution in [3.8, 4) is 17.1 Å². The largest absolute Gasteiger partial charge is 0.340 e. The van der Waals surface area contributed by atoms with Crippen LogP contribution in [0, 0.1) is 0 Å². The fraction of sp³-hybridized carbons (Fsp3) is 0.385. The van der Waals surface area contributed by atoms with E-state index >= 15 is 0 Å². The van der Waals surface area contributed by atoms with Gasteiger partial charge in [-0.25, -0.2) is 9.67 Å². The van der Waals surface area contributed by atoms with Crippen molar-refractivity contribution >= 4 is 16.9 Å². The fourth-order valence-corrected chi connectivity index (χ4v) is 5.01. The summed E-state index contributed by atoms with van der Waals surface area (Å²) in [5.74, 6) is 1.13. The summed E-state index contributed by atoms with van der Waals surface area (Å²) in [6.07, 6.45) is 9.99.